The molecule has 2 rings (SSSR count). The number of likely N-dealkylation sites (tertiary alicyclic amines) is 1. The Hall–Kier alpha value is -0.390. The van der Waals surface area contributed by atoms with E-state index >= 15 is 0 Å². The van der Waals surface area contributed by atoms with Gasteiger partial charge in [-0.15, -0.1) is 0 Å². The second-order valence-electron chi connectivity index (χ2n) is 5.13. The molecule has 1 aliphatic rings. The largest absolute Gasteiger partial charge is 0.395 e. The number of hydrogen-bond donors (Lipinski definition) is 1. The summed E-state index contributed by atoms with van der Waals surface area (Å²) in [7, 11) is 1.98. The molecule has 1 unspecified atom stereocenters. The molecule has 1 saturated heterocycles. The molecule has 0 radical (unpaired) electrons. The maximum Gasteiger partial charge on any atom is 0.0739 e. The van der Waals surface area contributed by atoms with Crippen molar-refractivity contribution in [2.45, 2.75) is 45.2 Å². The highest BCUT2D eigenvalue weighted by atomic mass is 79.9. The molecule has 0 spiro atoms. The van der Waals surface area contributed by atoms with Crippen LogP contribution in [-0.4, -0.2) is 39.0 Å². The van der Waals surface area contributed by atoms with E-state index in [4.69, 9.17) is 0 Å². The van der Waals surface area contributed by atoms with Gasteiger partial charge in [-0.1, -0.05) is 12.8 Å². The first-order chi connectivity index (χ1) is 8.63. The highest BCUT2D eigenvalue weighted by molar-refractivity contribution is 9.10. The molecular formula is C13H22BrN3O. The minimum atomic E-state index is 0.258. The number of hydrogen-bond acceptors (Lipinski definition) is 3. The van der Waals surface area contributed by atoms with Gasteiger partial charge in [-0.05, 0) is 42.2 Å². The van der Waals surface area contributed by atoms with Gasteiger partial charge in [0.05, 0.1) is 22.5 Å². The Labute approximate surface area is 117 Å². The second kappa shape index (κ2) is 6.17. The molecule has 1 aromatic rings. The number of aryl methyl sites for hydroxylation is 2. The first kappa shape index (κ1) is 14.0. The van der Waals surface area contributed by atoms with Crippen molar-refractivity contribution in [2.75, 3.05) is 13.2 Å². The predicted molar refractivity (Wildman–Crippen MR) is 75.4 cm³/mol. The van der Waals surface area contributed by atoms with Gasteiger partial charge < -0.3 is 5.11 Å². The quantitative estimate of drug-likeness (QED) is 0.930. The number of aliphatic hydroxyl groups excluding tert-OH is 1. The molecule has 1 aliphatic heterocycles. The Morgan fingerprint density at radius 1 is 1.39 bits per heavy atom. The molecule has 2 heterocycles. The van der Waals surface area contributed by atoms with E-state index in [1.54, 1.807) is 0 Å². The van der Waals surface area contributed by atoms with Gasteiger partial charge in [0.25, 0.3) is 0 Å². The van der Waals surface area contributed by atoms with E-state index in [1.807, 2.05) is 18.7 Å². The summed E-state index contributed by atoms with van der Waals surface area (Å²) in [6, 6.07) is 0.301. The van der Waals surface area contributed by atoms with Crippen LogP contribution < -0.4 is 0 Å². The van der Waals surface area contributed by atoms with E-state index in [0.717, 1.165) is 29.7 Å². The van der Waals surface area contributed by atoms with Gasteiger partial charge in [0.15, 0.2) is 0 Å². The summed E-state index contributed by atoms with van der Waals surface area (Å²) >= 11 is 3.62. The first-order valence-electron chi connectivity index (χ1n) is 6.66. The third-order valence-corrected chi connectivity index (χ3v) is 4.86. The van der Waals surface area contributed by atoms with Gasteiger partial charge in [-0.3, -0.25) is 9.58 Å². The maximum atomic E-state index is 9.53. The van der Waals surface area contributed by atoms with Crippen molar-refractivity contribution in [3.63, 3.8) is 0 Å². The smallest absolute Gasteiger partial charge is 0.0739 e. The fourth-order valence-corrected chi connectivity index (χ4v) is 3.16. The van der Waals surface area contributed by atoms with Gasteiger partial charge in [-0.25, -0.2) is 0 Å². The van der Waals surface area contributed by atoms with Crippen LogP contribution in [0.15, 0.2) is 4.47 Å². The molecule has 1 aromatic heterocycles. The molecule has 102 valence electrons. The highest BCUT2D eigenvalue weighted by Gasteiger charge is 2.23. The van der Waals surface area contributed by atoms with E-state index in [0.29, 0.717) is 6.04 Å². The van der Waals surface area contributed by atoms with E-state index in [9.17, 15) is 5.11 Å². The van der Waals surface area contributed by atoms with Crippen LogP contribution in [0, 0.1) is 6.92 Å². The fourth-order valence-electron chi connectivity index (χ4n) is 2.70. The van der Waals surface area contributed by atoms with Gasteiger partial charge in [0, 0.05) is 19.6 Å². The fraction of sp³-hybridized carbons (Fsp3) is 0.769. The average molecular weight is 316 g/mol. The summed E-state index contributed by atoms with van der Waals surface area (Å²) in [4.78, 5) is 2.40. The minimum Gasteiger partial charge on any atom is -0.395 e. The Morgan fingerprint density at radius 2 is 2.17 bits per heavy atom. The van der Waals surface area contributed by atoms with Crippen molar-refractivity contribution in [2.24, 2.45) is 7.05 Å². The predicted octanol–water partition coefficient (Wildman–Crippen LogP) is 2.23. The van der Waals surface area contributed by atoms with E-state index in [-0.39, 0.29) is 6.61 Å². The third kappa shape index (κ3) is 2.95. The zero-order chi connectivity index (χ0) is 13.1. The lowest BCUT2D eigenvalue weighted by atomic mass is 10.1. The molecule has 5 heteroatoms. The normalized spacial score (nSPS) is 22.1. The zero-order valence-corrected chi connectivity index (χ0v) is 12.8. The van der Waals surface area contributed by atoms with E-state index in [2.05, 4.69) is 25.9 Å². The maximum absolute atomic E-state index is 9.53. The molecule has 4 nitrogen and oxygen atoms in total. The SMILES string of the molecule is Cc1nn(C)c(CN2CCCCCC2CO)c1Br. The zero-order valence-electron chi connectivity index (χ0n) is 11.2. The lowest BCUT2D eigenvalue weighted by molar-refractivity contribution is 0.116. The Balaban J connectivity index is 2.15. The summed E-state index contributed by atoms with van der Waals surface area (Å²) in [5.74, 6) is 0. The van der Waals surface area contributed by atoms with Crippen molar-refractivity contribution in [1.82, 2.24) is 14.7 Å². The number of halogens is 1. The van der Waals surface area contributed by atoms with Crippen molar-refractivity contribution < 1.29 is 5.11 Å². The lowest BCUT2D eigenvalue weighted by Crippen LogP contribution is -2.37. The van der Waals surface area contributed by atoms with Crippen molar-refractivity contribution in [1.29, 1.82) is 0 Å². The number of aromatic nitrogens is 2. The molecule has 1 fully saturated rings. The monoisotopic (exact) mass is 315 g/mol. The van der Waals surface area contributed by atoms with Gasteiger partial charge in [0.1, 0.15) is 0 Å². The van der Waals surface area contributed by atoms with Gasteiger partial charge >= 0.3 is 0 Å². The molecule has 1 atom stereocenters. The lowest BCUT2D eigenvalue weighted by Gasteiger charge is -2.28. The summed E-state index contributed by atoms with van der Waals surface area (Å²) in [6.07, 6.45) is 4.84. The molecule has 0 bridgehead atoms. The summed E-state index contributed by atoms with van der Waals surface area (Å²) < 4.78 is 3.05. The highest BCUT2D eigenvalue weighted by Crippen LogP contribution is 2.25. The van der Waals surface area contributed by atoms with Crippen LogP contribution >= 0.6 is 15.9 Å². The Morgan fingerprint density at radius 3 is 2.78 bits per heavy atom. The average Bonchev–Trinajstić information content (AvgIpc) is 2.56. The standard InChI is InChI=1S/C13H22BrN3O/c1-10-13(14)12(16(2)15-10)8-17-7-5-3-4-6-11(17)9-18/h11,18H,3-9H2,1-2H3. The molecule has 0 amide bonds. The van der Waals surface area contributed by atoms with Crippen LogP contribution in [0.25, 0.3) is 0 Å². The van der Waals surface area contributed by atoms with Crippen LogP contribution in [0.2, 0.25) is 0 Å². The van der Waals surface area contributed by atoms with Gasteiger partial charge in [-0.2, -0.15) is 5.10 Å². The summed E-state index contributed by atoms with van der Waals surface area (Å²) in [6.45, 7) is 4.21. The molecule has 0 aliphatic carbocycles. The minimum absolute atomic E-state index is 0.258. The van der Waals surface area contributed by atoms with Crippen molar-refractivity contribution in [3.05, 3.63) is 15.9 Å². The van der Waals surface area contributed by atoms with Crippen LogP contribution in [0.3, 0.4) is 0 Å². The van der Waals surface area contributed by atoms with Crippen LogP contribution in [0.4, 0.5) is 0 Å². The molecule has 1 N–H and O–H groups in total. The van der Waals surface area contributed by atoms with Crippen LogP contribution in [0.1, 0.15) is 37.1 Å². The van der Waals surface area contributed by atoms with Gasteiger partial charge in [0.2, 0.25) is 0 Å². The molecule has 18 heavy (non-hydrogen) atoms. The van der Waals surface area contributed by atoms with Crippen molar-refractivity contribution >= 4 is 15.9 Å². The van der Waals surface area contributed by atoms with Crippen molar-refractivity contribution in [3.8, 4) is 0 Å². The Kier molecular flexibility index (Phi) is 4.81. The number of aliphatic hydroxyl groups is 1. The third-order valence-electron chi connectivity index (χ3n) is 3.82. The van der Waals surface area contributed by atoms with Crippen LogP contribution in [0.5, 0.6) is 0 Å². The Bertz CT molecular complexity index is 405. The van der Waals surface area contributed by atoms with E-state index < -0.39 is 0 Å². The molecular weight excluding hydrogens is 294 g/mol. The molecule has 0 aromatic carbocycles. The first-order valence-corrected chi connectivity index (χ1v) is 7.45. The van der Waals surface area contributed by atoms with E-state index in [1.165, 1.54) is 25.0 Å². The van der Waals surface area contributed by atoms with Crippen LogP contribution in [-0.2, 0) is 13.6 Å². The number of nitrogens with zero attached hydrogens (tertiary/aromatic N) is 3. The summed E-state index contributed by atoms with van der Waals surface area (Å²) in [5, 5.41) is 14.0. The number of rotatable bonds is 3. The topological polar surface area (TPSA) is 41.3 Å². The summed E-state index contributed by atoms with van der Waals surface area (Å²) in [5.41, 5.74) is 2.23. The molecule has 0 saturated carbocycles. The second-order valence-corrected chi connectivity index (χ2v) is 5.92.